The first-order chi connectivity index (χ1) is 11.2. The number of carbonyl (C=O) groups excluding carboxylic acids is 1. The van der Waals surface area contributed by atoms with Crippen molar-refractivity contribution in [2.45, 2.75) is 45.3 Å². The number of pyridine rings is 1. The number of carbonyl (C=O) groups is 1. The molecule has 2 atom stereocenters. The van der Waals surface area contributed by atoms with E-state index in [9.17, 15) is 4.79 Å². The van der Waals surface area contributed by atoms with Gasteiger partial charge in [0.1, 0.15) is 11.4 Å². The second-order valence-corrected chi connectivity index (χ2v) is 8.03. The lowest BCUT2D eigenvalue weighted by atomic mass is 9.91. The van der Waals surface area contributed by atoms with Gasteiger partial charge in [0.2, 0.25) is 0 Å². The Hall–Kier alpha value is -1.98. The van der Waals surface area contributed by atoms with Crippen LogP contribution in [0.1, 0.15) is 33.6 Å². The molecule has 2 heterocycles. The third kappa shape index (κ3) is 3.42. The van der Waals surface area contributed by atoms with E-state index in [-0.39, 0.29) is 12.1 Å². The van der Waals surface area contributed by atoms with E-state index in [0.717, 1.165) is 31.6 Å². The van der Waals surface area contributed by atoms with Crippen LogP contribution in [0.3, 0.4) is 0 Å². The molecular formula is C18H28N4O2. The van der Waals surface area contributed by atoms with Crippen LogP contribution in [0.15, 0.2) is 18.3 Å². The van der Waals surface area contributed by atoms with Crippen molar-refractivity contribution < 1.29 is 9.53 Å². The number of nitrogens with zero attached hydrogens (tertiary/aromatic N) is 3. The number of ether oxygens (including phenoxy) is 1. The highest BCUT2D eigenvalue weighted by atomic mass is 16.6. The molecule has 1 aliphatic carbocycles. The summed E-state index contributed by atoms with van der Waals surface area (Å²) < 4.78 is 5.55. The van der Waals surface area contributed by atoms with Crippen molar-refractivity contribution in [2.75, 3.05) is 30.8 Å². The average molecular weight is 332 g/mol. The summed E-state index contributed by atoms with van der Waals surface area (Å²) in [5.74, 6) is 1.49. The second-order valence-electron chi connectivity index (χ2n) is 8.03. The van der Waals surface area contributed by atoms with E-state index in [1.807, 2.05) is 51.0 Å². The molecule has 3 rings (SSSR count). The molecule has 0 aromatic carbocycles. The van der Waals surface area contributed by atoms with Crippen LogP contribution in [0.5, 0.6) is 0 Å². The van der Waals surface area contributed by atoms with Crippen molar-refractivity contribution >= 4 is 17.6 Å². The number of fused-ring (bicyclic) bond motifs is 2. The first-order valence-corrected chi connectivity index (χ1v) is 8.67. The van der Waals surface area contributed by atoms with Crippen molar-refractivity contribution in [3.05, 3.63) is 18.3 Å². The maximum Gasteiger partial charge on any atom is 0.410 e. The van der Waals surface area contributed by atoms with E-state index in [4.69, 9.17) is 10.5 Å². The lowest BCUT2D eigenvalue weighted by molar-refractivity contribution is 0.0125. The molecule has 1 aliphatic heterocycles. The number of anilines is 2. The highest BCUT2D eigenvalue weighted by molar-refractivity contribution is 5.68. The minimum atomic E-state index is -0.458. The summed E-state index contributed by atoms with van der Waals surface area (Å²) in [6, 6.07) is 4.13. The van der Waals surface area contributed by atoms with Crippen LogP contribution in [0, 0.1) is 11.8 Å². The van der Waals surface area contributed by atoms with E-state index in [0.29, 0.717) is 17.7 Å². The summed E-state index contributed by atoms with van der Waals surface area (Å²) in [7, 11) is 1.88. The largest absolute Gasteiger partial charge is 0.444 e. The van der Waals surface area contributed by atoms with Crippen molar-refractivity contribution in [1.29, 1.82) is 0 Å². The van der Waals surface area contributed by atoms with E-state index in [2.05, 4.69) is 9.88 Å². The predicted molar refractivity (Wildman–Crippen MR) is 94.9 cm³/mol. The van der Waals surface area contributed by atoms with Gasteiger partial charge >= 0.3 is 6.09 Å². The highest BCUT2D eigenvalue weighted by Crippen LogP contribution is 2.41. The van der Waals surface area contributed by atoms with Gasteiger partial charge in [0.15, 0.2) is 0 Å². The SMILES string of the molecule is CN(C(=O)OC(C)(C)C)C1C2CCC1CN(c1ccc(N)nc1)C2. The van der Waals surface area contributed by atoms with E-state index < -0.39 is 5.60 Å². The van der Waals surface area contributed by atoms with Gasteiger partial charge in [0.05, 0.1) is 11.9 Å². The summed E-state index contributed by atoms with van der Waals surface area (Å²) in [5.41, 5.74) is 6.33. The summed E-state index contributed by atoms with van der Waals surface area (Å²) in [6.45, 7) is 7.61. The quantitative estimate of drug-likeness (QED) is 0.901. The minimum Gasteiger partial charge on any atom is -0.444 e. The molecule has 1 aromatic heterocycles. The number of piperidine rings is 1. The lowest BCUT2D eigenvalue weighted by Gasteiger charge is -2.43. The normalized spacial score (nSPS) is 26.3. The van der Waals surface area contributed by atoms with Crippen molar-refractivity contribution in [3.8, 4) is 0 Å². The Kier molecular flexibility index (Phi) is 4.32. The van der Waals surface area contributed by atoms with Gasteiger partial charge in [-0.2, -0.15) is 0 Å². The molecule has 2 fully saturated rings. The highest BCUT2D eigenvalue weighted by Gasteiger charge is 2.46. The van der Waals surface area contributed by atoms with Gasteiger partial charge in [-0.3, -0.25) is 0 Å². The molecule has 0 radical (unpaired) electrons. The lowest BCUT2D eigenvalue weighted by Crippen LogP contribution is -2.54. The fourth-order valence-electron chi connectivity index (χ4n) is 4.08. The molecular weight excluding hydrogens is 304 g/mol. The molecule has 6 heteroatoms. The number of aromatic nitrogens is 1. The van der Waals surface area contributed by atoms with Gasteiger partial charge in [0, 0.05) is 26.2 Å². The van der Waals surface area contributed by atoms with Gasteiger partial charge in [0.25, 0.3) is 0 Å². The van der Waals surface area contributed by atoms with Crippen molar-refractivity contribution in [2.24, 2.45) is 11.8 Å². The molecule has 1 amide bonds. The van der Waals surface area contributed by atoms with Gasteiger partial charge in [-0.15, -0.1) is 0 Å². The van der Waals surface area contributed by atoms with Crippen LogP contribution in [0.4, 0.5) is 16.3 Å². The van der Waals surface area contributed by atoms with Crippen LogP contribution in [-0.2, 0) is 4.74 Å². The Morgan fingerprint density at radius 1 is 1.29 bits per heavy atom. The van der Waals surface area contributed by atoms with E-state index in [1.54, 1.807) is 0 Å². The Balaban J connectivity index is 1.69. The summed E-state index contributed by atoms with van der Waals surface area (Å²) in [4.78, 5) is 20.8. The minimum absolute atomic E-state index is 0.216. The summed E-state index contributed by atoms with van der Waals surface area (Å²) in [6.07, 6.45) is 3.93. The zero-order chi connectivity index (χ0) is 17.5. The van der Waals surface area contributed by atoms with E-state index in [1.165, 1.54) is 0 Å². The molecule has 0 spiro atoms. The number of hydrogen-bond acceptors (Lipinski definition) is 5. The van der Waals surface area contributed by atoms with Gasteiger partial charge in [-0.25, -0.2) is 9.78 Å². The molecule has 2 bridgehead atoms. The van der Waals surface area contributed by atoms with Crippen molar-refractivity contribution in [1.82, 2.24) is 9.88 Å². The maximum atomic E-state index is 12.4. The van der Waals surface area contributed by atoms with Crippen LogP contribution in [0.25, 0.3) is 0 Å². The van der Waals surface area contributed by atoms with Crippen LogP contribution in [0.2, 0.25) is 0 Å². The number of amides is 1. The van der Waals surface area contributed by atoms with Crippen LogP contribution in [-0.4, -0.2) is 47.8 Å². The Bertz CT molecular complexity index is 582. The predicted octanol–water partition coefficient (Wildman–Crippen LogP) is 2.75. The standard InChI is InChI=1S/C18H28N4O2/c1-18(2,3)24-17(23)21(4)16-12-5-6-13(16)11-22(10-12)14-7-8-15(19)20-9-14/h7-9,12-13,16H,5-6,10-11H2,1-4H3,(H2,19,20). The molecule has 2 aliphatic rings. The maximum absolute atomic E-state index is 12.4. The second kappa shape index (κ2) is 6.15. The molecule has 1 saturated carbocycles. The zero-order valence-electron chi connectivity index (χ0n) is 15.0. The molecule has 132 valence electrons. The molecule has 24 heavy (non-hydrogen) atoms. The number of rotatable bonds is 2. The Morgan fingerprint density at radius 2 is 1.92 bits per heavy atom. The summed E-state index contributed by atoms with van der Waals surface area (Å²) in [5, 5.41) is 0. The molecule has 1 aromatic rings. The molecule has 2 N–H and O–H groups in total. The Morgan fingerprint density at radius 3 is 2.42 bits per heavy atom. The van der Waals surface area contributed by atoms with Gasteiger partial charge < -0.3 is 20.3 Å². The third-order valence-electron chi connectivity index (χ3n) is 5.05. The van der Waals surface area contributed by atoms with E-state index >= 15 is 0 Å². The fourth-order valence-corrected chi connectivity index (χ4v) is 4.08. The van der Waals surface area contributed by atoms with Crippen LogP contribution < -0.4 is 10.6 Å². The topological polar surface area (TPSA) is 71.7 Å². The first-order valence-electron chi connectivity index (χ1n) is 8.67. The summed E-state index contributed by atoms with van der Waals surface area (Å²) >= 11 is 0. The Labute approximate surface area is 144 Å². The molecule has 6 nitrogen and oxygen atoms in total. The van der Waals surface area contributed by atoms with Gasteiger partial charge in [-0.1, -0.05) is 0 Å². The monoisotopic (exact) mass is 332 g/mol. The number of nitrogens with two attached hydrogens (primary N) is 1. The molecule has 1 saturated heterocycles. The fraction of sp³-hybridized carbons (Fsp3) is 0.667. The molecule has 2 unspecified atom stereocenters. The van der Waals surface area contributed by atoms with Crippen LogP contribution >= 0.6 is 0 Å². The van der Waals surface area contributed by atoms with Gasteiger partial charge in [-0.05, 0) is 57.6 Å². The number of hydrogen-bond donors (Lipinski definition) is 1. The smallest absolute Gasteiger partial charge is 0.410 e. The average Bonchev–Trinajstić information content (AvgIpc) is 2.75. The first kappa shape index (κ1) is 16.9. The number of nitrogen functional groups attached to an aromatic ring is 1. The third-order valence-corrected chi connectivity index (χ3v) is 5.05. The zero-order valence-corrected chi connectivity index (χ0v) is 15.0. The van der Waals surface area contributed by atoms with Crippen molar-refractivity contribution in [3.63, 3.8) is 0 Å².